The molecule has 2 aliphatic rings. The van der Waals surface area contributed by atoms with Gasteiger partial charge in [-0.2, -0.15) is 0 Å². The third kappa shape index (κ3) is 3.11. The molecule has 0 N–H and O–H groups in total. The topological polar surface area (TPSA) is 35.5 Å². The zero-order valence-electron chi connectivity index (χ0n) is 16.4. The Balaban J connectivity index is 2.19. The molecule has 0 unspecified atom stereocenters. The molecule has 0 amide bonds. The van der Waals surface area contributed by atoms with Crippen LogP contribution in [0.15, 0.2) is 28.3 Å². The largest absolute Gasteiger partial charge is 0.493 e. The second kappa shape index (κ2) is 7.03. The number of rotatable bonds is 3. The van der Waals surface area contributed by atoms with E-state index in [1.54, 1.807) is 14.2 Å². The lowest BCUT2D eigenvalue weighted by Gasteiger charge is -2.49. The van der Waals surface area contributed by atoms with Gasteiger partial charge in [-0.3, -0.25) is 4.79 Å². The summed E-state index contributed by atoms with van der Waals surface area (Å²) in [6.45, 7) is 6.94. The SMILES string of the molecule is COc1cc(Br)c([C@H]2C(=O)CCC=C3C(C)(C)CCC[C@@]32C)cc1OC. The van der Waals surface area contributed by atoms with Crippen molar-refractivity contribution >= 4 is 21.7 Å². The number of allylic oxidation sites excluding steroid dienone is 2. The number of ketones is 1. The van der Waals surface area contributed by atoms with E-state index in [0.29, 0.717) is 23.7 Å². The fourth-order valence-corrected chi connectivity index (χ4v) is 5.77. The number of hydrogen-bond acceptors (Lipinski definition) is 3. The molecule has 0 radical (unpaired) electrons. The van der Waals surface area contributed by atoms with E-state index in [2.05, 4.69) is 42.8 Å². The Labute approximate surface area is 165 Å². The van der Waals surface area contributed by atoms with Crippen LogP contribution < -0.4 is 9.47 Å². The molecule has 0 heterocycles. The molecule has 2 aliphatic carbocycles. The van der Waals surface area contributed by atoms with Gasteiger partial charge in [-0.05, 0) is 42.4 Å². The summed E-state index contributed by atoms with van der Waals surface area (Å²) in [5.74, 6) is 1.51. The molecule has 0 bridgehead atoms. The van der Waals surface area contributed by atoms with Crippen molar-refractivity contribution in [2.24, 2.45) is 10.8 Å². The molecule has 1 aromatic carbocycles. The fourth-order valence-electron chi connectivity index (χ4n) is 5.22. The minimum absolute atomic E-state index is 0.138. The first-order chi connectivity index (χ1) is 12.2. The van der Waals surface area contributed by atoms with Crippen LogP contribution in [0, 0.1) is 10.8 Å². The first kappa shape index (κ1) is 19.5. The fraction of sp³-hybridized carbons (Fsp3) is 0.591. The molecule has 4 heteroatoms. The Bertz CT molecular complexity index is 750. The van der Waals surface area contributed by atoms with E-state index in [4.69, 9.17) is 9.47 Å². The van der Waals surface area contributed by atoms with Gasteiger partial charge in [0.1, 0.15) is 5.78 Å². The number of hydrogen-bond donors (Lipinski definition) is 0. The van der Waals surface area contributed by atoms with Gasteiger partial charge in [0.2, 0.25) is 0 Å². The molecular formula is C22H29BrO3. The summed E-state index contributed by atoms with van der Waals surface area (Å²) in [4.78, 5) is 13.3. The molecule has 3 rings (SSSR count). The van der Waals surface area contributed by atoms with E-state index >= 15 is 0 Å². The Morgan fingerprint density at radius 2 is 1.73 bits per heavy atom. The standard InChI is InChI=1S/C22H29BrO3/c1-21(2)10-7-11-22(3)19(21)9-6-8-16(24)20(22)14-12-17(25-4)18(26-5)13-15(14)23/h9,12-13,20H,6-8,10-11H2,1-5H3/t20-,22-/m0/s1. The Morgan fingerprint density at radius 1 is 1.08 bits per heavy atom. The van der Waals surface area contributed by atoms with Gasteiger partial charge >= 0.3 is 0 Å². The molecule has 1 fully saturated rings. The van der Waals surface area contributed by atoms with Crippen LogP contribution in [-0.2, 0) is 4.79 Å². The molecule has 26 heavy (non-hydrogen) atoms. The van der Waals surface area contributed by atoms with Crippen LogP contribution in [0.5, 0.6) is 11.5 Å². The maximum Gasteiger partial charge on any atom is 0.161 e. The highest BCUT2D eigenvalue weighted by molar-refractivity contribution is 9.10. The monoisotopic (exact) mass is 420 g/mol. The maximum absolute atomic E-state index is 13.3. The summed E-state index contributed by atoms with van der Waals surface area (Å²) < 4.78 is 11.9. The predicted molar refractivity (Wildman–Crippen MR) is 108 cm³/mol. The van der Waals surface area contributed by atoms with E-state index in [1.807, 2.05) is 12.1 Å². The van der Waals surface area contributed by atoms with Crippen molar-refractivity contribution in [1.82, 2.24) is 0 Å². The third-order valence-electron chi connectivity index (χ3n) is 6.35. The molecular weight excluding hydrogens is 392 g/mol. The average Bonchev–Trinajstić information content (AvgIpc) is 2.71. The lowest BCUT2D eigenvalue weighted by molar-refractivity contribution is -0.122. The smallest absolute Gasteiger partial charge is 0.161 e. The predicted octanol–water partition coefficient (Wildman–Crippen LogP) is 6.06. The minimum Gasteiger partial charge on any atom is -0.493 e. The van der Waals surface area contributed by atoms with Gasteiger partial charge in [-0.15, -0.1) is 0 Å². The average molecular weight is 421 g/mol. The van der Waals surface area contributed by atoms with Crippen molar-refractivity contribution in [3.63, 3.8) is 0 Å². The number of Topliss-reactive ketones (excluding diaryl/α,β-unsaturated/α-hetero) is 1. The van der Waals surface area contributed by atoms with Gasteiger partial charge in [0.05, 0.1) is 20.1 Å². The van der Waals surface area contributed by atoms with Crippen LogP contribution in [0.2, 0.25) is 0 Å². The number of methoxy groups -OCH3 is 2. The lowest BCUT2D eigenvalue weighted by Crippen LogP contribution is -2.40. The van der Waals surface area contributed by atoms with Crippen molar-refractivity contribution in [1.29, 1.82) is 0 Å². The van der Waals surface area contributed by atoms with E-state index in [-0.39, 0.29) is 16.7 Å². The molecule has 2 atom stereocenters. The summed E-state index contributed by atoms with van der Waals surface area (Å²) in [7, 11) is 3.27. The highest BCUT2D eigenvalue weighted by Gasteiger charge is 2.50. The number of halogens is 1. The molecule has 0 saturated heterocycles. The van der Waals surface area contributed by atoms with E-state index < -0.39 is 0 Å². The molecule has 0 aliphatic heterocycles. The van der Waals surface area contributed by atoms with Gasteiger partial charge < -0.3 is 9.47 Å². The third-order valence-corrected chi connectivity index (χ3v) is 7.04. The van der Waals surface area contributed by atoms with E-state index in [0.717, 1.165) is 29.3 Å². The van der Waals surface area contributed by atoms with Gasteiger partial charge in [-0.1, -0.05) is 54.8 Å². The van der Waals surface area contributed by atoms with Crippen molar-refractivity contribution in [2.45, 2.75) is 58.8 Å². The first-order valence-corrected chi connectivity index (χ1v) is 10.2. The van der Waals surface area contributed by atoms with Crippen LogP contribution in [0.4, 0.5) is 0 Å². The molecule has 3 nitrogen and oxygen atoms in total. The summed E-state index contributed by atoms with van der Waals surface area (Å²) in [6.07, 6.45) is 7.17. The second-order valence-corrected chi connectivity index (χ2v) is 9.29. The summed E-state index contributed by atoms with van der Waals surface area (Å²) in [5, 5.41) is 0. The summed E-state index contributed by atoms with van der Waals surface area (Å²) >= 11 is 3.70. The van der Waals surface area contributed by atoms with Gasteiger partial charge in [-0.25, -0.2) is 0 Å². The number of benzene rings is 1. The Kier molecular flexibility index (Phi) is 5.26. The highest BCUT2D eigenvalue weighted by Crippen LogP contribution is 2.59. The molecule has 0 spiro atoms. The molecule has 1 aromatic rings. The number of fused-ring (bicyclic) bond motifs is 1. The van der Waals surface area contributed by atoms with Crippen LogP contribution in [-0.4, -0.2) is 20.0 Å². The number of carbonyl (C=O) groups excluding carboxylic acids is 1. The Morgan fingerprint density at radius 3 is 2.38 bits per heavy atom. The quantitative estimate of drug-likeness (QED) is 0.557. The normalized spacial score (nSPS) is 28.0. The van der Waals surface area contributed by atoms with E-state index in [9.17, 15) is 4.79 Å². The second-order valence-electron chi connectivity index (χ2n) is 8.44. The molecule has 1 saturated carbocycles. The Hall–Kier alpha value is -1.29. The maximum atomic E-state index is 13.3. The lowest BCUT2D eigenvalue weighted by atomic mass is 9.54. The molecule has 0 aromatic heterocycles. The first-order valence-electron chi connectivity index (χ1n) is 9.40. The van der Waals surface area contributed by atoms with Crippen LogP contribution in [0.1, 0.15) is 64.4 Å². The highest BCUT2D eigenvalue weighted by atomic mass is 79.9. The molecule has 142 valence electrons. The summed E-state index contributed by atoms with van der Waals surface area (Å²) in [5.41, 5.74) is 2.45. The number of carbonyl (C=O) groups is 1. The summed E-state index contributed by atoms with van der Waals surface area (Å²) in [6, 6.07) is 3.91. The van der Waals surface area contributed by atoms with Gasteiger partial charge in [0.25, 0.3) is 0 Å². The van der Waals surface area contributed by atoms with Gasteiger partial charge in [0.15, 0.2) is 11.5 Å². The van der Waals surface area contributed by atoms with Crippen LogP contribution in [0.25, 0.3) is 0 Å². The van der Waals surface area contributed by atoms with Crippen LogP contribution >= 0.6 is 15.9 Å². The van der Waals surface area contributed by atoms with Crippen LogP contribution in [0.3, 0.4) is 0 Å². The van der Waals surface area contributed by atoms with Crippen molar-refractivity contribution in [3.8, 4) is 11.5 Å². The van der Waals surface area contributed by atoms with Crippen molar-refractivity contribution < 1.29 is 14.3 Å². The van der Waals surface area contributed by atoms with Crippen molar-refractivity contribution in [2.75, 3.05) is 14.2 Å². The zero-order chi connectivity index (χ0) is 19.1. The van der Waals surface area contributed by atoms with Gasteiger partial charge in [0, 0.05) is 16.3 Å². The van der Waals surface area contributed by atoms with E-state index in [1.165, 1.54) is 12.0 Å². The number of ether oxygens (including phenoxy) is 2. The zero-order valence-corrected chi connectivity index (χ0v) is 18.0. The minimum atomic E-state index is -0.162. The van der Waals surface area contributed by atoms with Crippen molar-refractivity contribution in [3.05, 3.63) is 33.8 Å².